The number of fused-ring (bicyclic) bond motifs is 2. The molecule has 0 fully saturated rings. The van der Waals surface area contributed by atoms with Crippen LogP contribution >= 0.6 is 15.9 Å². The third kappa shape index (κ3) is 4.81. The van der Waals surface area contributed by atoms with Crippen LogP contribution in [0.2, 0.25) is 0 Å². The van der Waals surface area contributed by atoms with Crippen LogP contribution in [0.15, 0.2) is 34.8 Å². The van der Waals surface area contributed by atoms with Gasteiger partial charge in [-0.15, -0.1) is 0 Å². The highest BCUT2D eigenvalue weighted by atomic mass is 79.9. The average molecular weight is 441 g/mol. The molecule has 0 aliphatic carbocycles. The van der Waals surface area contributed by atoms with E-state index in [4.69, 9.17) is 9.47 Å². The van der Waals surface area contributed by atoms with E-state index >= 15 is 0 Å². The SMILES string of the molecule is CC.CC(C)C1COc2cccc(F)c21.CC1COc2cc(F)c(Br)cc21. The van der Waals surface area contributed by atoms with Crippen molar-refractivity contribution in [3.8, 4) is 11.5 Å². The molecule has 27 heavy (non-hydrogen) atoms. The molecule has 2 aliphatic heterocycles. The summed E-state index contributed by atoms with van der Waals surface area (Å²) in [4.78, 5) is 0. The summed E-state index contributed by atoms with van der Waals surface area (Å²) < 4.78 is 37.6. The third-order valence-corrected chi connectivity index (χ3v) is 5.29. The highest BCUT2D eigenvalue weighted by Crippen LogP contribution is 2.39. The van der Waals surface area contributed by atoms with Gasteiger partial charge in [-0.1, -0.05) is 40.7 Å². The van der Waals surface area contributed by atoms with Gasteiger partial charge in [-0.05, 0) is 40.0 Å². The zero-order valence-electron chi connectivity index (χ0n) is 16.5. The van der Waals surface area contributed by atoms with Crippen molar-refractivity contribution in [1.29, 1.82) is 0 Å². The number of hydrogen-bond donors (Lipinski definition) is 0. The Hall–Kier alpha value is -1.62. The summed E-state index contributed by atoms with van der Waals surface area (Å²) in [5.41, 5.74) is 1.85. The van der Waals surface area contributed by atoms with Gasteiger partial charge in [0.15, 0.2) is 0 Å². The van der Waals surface area contributed by atoms with E-state index in [9.17, 15) is 8.78 Å². The van der Waals surface area contributed by atoms with Gasteiger partial charge in [-0.25, -0.2) is 8.78 Å². The Balaban J connectivity index is 0.000000178. The molecule has 2 unspecified atom stereocenters. The minimum absolute atomic E-state index is 0.131. The van der Waals surface area contributed by atoms with Crippen molar-refractivity contribution >= 4 is 15.9 Å². The van der Waals surface area contributed by atoms with E-state index in [1.54, 1.807) is 12.1 Å². The molecule has 0 spiro atoms. The number of hydrogen-bond acceptors (Lipinski definition) is 2. The van der Waals surface area contributed by atoms with Gasteiger partial charge in [0.05, 0.1) is 17.7 Å². The van der Waals surface area contributed by atoms with Crippen molar-refractivity contribution in [3.05, 3.63) is 57.6 Å². The molecule has 0 N–H and O–H groups in total. The first kappa shape index (κ1) is 21.7. The van der Waals surface area contributed by atoms with Gasteiger partial charge in [-0.2, -0.15) is 0 Å². The van der Waals surface area contributed by atoms with E-state index in [2.05, 4.69) is 36.7 Å². The molecule has 148 valence electrons. The normalized spacial score (nSPS) is 19.0. The fourth-order valence-electron chi connectivity index (χ4n) is 3.15. The van der Waals surface area contributed by atoms with E-state index in [0.29, 0.717) is 35.3 Å². The maximum absolute atomic E-state index is 13.4. The minimum Gasteiger partial charge on any atom is -0.493 e. The van der Waals surface area contributed by atoms with Crippen molar-refractivity contribution < 1.29 is 18.3 Å². The predicted molar refractivity (Wildman–Crippen MR) is 109 cm³/mol. The van der Waals surface area contributed by atoms with Crippen LogP contribution in [0, 0.1) is 17.6 Å². The molecular weight excluding hydrogens is 414 g/mol. The monoisotopic (exact) mass is 440 g/mol. The Labute approximate surface area is 169 Å². The summed E-state index contributed by atoms with van der Waals surface area (Å²) in [5, 5.41) is 0. The molecule has 0 saturated heterocycles. The lowest BCUT2D eigenvalue weighted by Gasteiger charge is -2.12. The lowest BCUT2D eigenvalue weighted by atomic mass is 9.90. The maximum Gasteiger partial charge on any atom is 0.141 e. The molecule has 0 radical (unpaired) electrons. The first-order valence-electron chi connectivity index (χ1n) is 9.41. The van der Waals surface area contributed by atoms with Crippen LogP contribution in [0.25, 0.3) is 0 Å². The summed E-state index contributed by atoms with van der Waals surface area (Å²) in [6.07, 6.45) is 0. The molecule has 2 aromatic carbocycles. The van der Waals surface area contributed by atoms with Gasteiger partial charge in [0.2, 0.25) is 0 Å². The lowest BCUT2D eigenvalue weighted by Crippen LogP contribution is -2.08. The fourth-order valence-corrected chi connectivity index (χ4v) is 3.51. The molecule has 2 nitrogen and oxygen atoms in total. The van der Waals surface area contributed by atoms with Gasteiger partial charge < -0.3 is 9.47 Å². The Morgan fingerprint density at radius 2 is 1.67 bits per heavy atom. The molecule has 0 amide bonds. The molecular formula is C22H27BrF2O2. The van der Waals surface area contributed by atoms with Crippen LogP contribution in [-0.4, -0.2) is 13.2 Å². The predicted octanol–water partition coefficient (Wildman–Crippen LogP) is 7.07. The first-order valence-corrected chi connectivity index (χ1v) is 10.2. The number of rotatable bonds is 1. The average Bonchev–Trinajstić information content (AvgIpc) is 3.24. The summed E-state index contributed by atoms with van der Waals surface area (Å²) in [6.45, 7) is 11.5. The smallest absolute Gasteiger partial charge is 0.141 e. The Morgan fingerprint density at radius 3 is 2.33 bits per heavy atom. The van der Waals surface area contributed by atoms with Crippen molar-refractivity contribution in [2.45, 2.75) is 46.5 Å². The van der Waals surface area contributed by atoms with Gasteiger partial charge >= 0.3 is 0 Å². The first-order chi connectivity index (χ1) is 12.9. The van der Waals surface area contributed by atoms with Crippen LogP contribution in [0.1, 0.15) is 57.6 Å². The largest absolute Gasteiger partial charge is 0.493 e. The maximum atomic E-state index is 13.4. The summed E-state index contributed by atoms with van der Waals surface area (Å²) in [5.74, 6) is 2.03. The molecule has 2 aliphatic rings. The molecule has 2 atom stereocenters. The molecule has 2 aromatic rings. The summed E-state index contributed by atoms with van der Waals surface area (Å²) >= 11 is 3.15. The van der Waals surface area contributed by atoms with Crippen molar-refractivity contribution in [3.63, 3.8) is 0 Å². The van der Waals surface area contributed by atoms with E-state index in [1.165, 1.54) is 12.1 Å². The lowest BCUT2D eigenvalue weighted by molar-refractivity contribution is 0.303. The van der Waals surface area contributed by atoms with Crippen LogP contribution in [-0.2, 0) is 0 Å². The number of benzene rings is 2. The second-order valence-electron chi connectivity index (χ2n) is 6.83. The Morgan fingerprint density at radius 1 is 1.00 bits per heavy atom. The van der Waals surface area contributed by atoms with Gasteiger partial charge in [0.25, 0.3) is 0 Å². The standard InChI is InChI=1S/C11H13FO.C9H8BrFO.C2H6/c1-7(2)8-6-13-10-5-3-4-9(12)11(8)10;1-5-4-12-9-3-8(11)7(10)2-6(5)9;1-2/h3-5,7-8H,6H2,1-2H3;2-3,5H,4H2,1H3;1-2H3. The Bertz CT molecular complexity index is 777. The molecule has 4 rings (SSSR count). The van der Waals surface area contributed by atoms with Gasteiger partial charge in [0, 0.05) is 29.0 Å². The number of ether oxygens (including phenoxy) is 2. The highest BCUT2D eigenvalue weighted by molar-refractivity contribution is 9.10. The van der Waals surface area contributed by atoms with Crippen LogP contribution < -0.4 is 9.47 Å². The topological polar surface area (TPSA) is 18.5 Å². The van der Waals surface area contributed by atoms with E-state index in [0.717, 1.165) is 16.9 Å². The Kier molecular flexibility index (Phi) is 7.66. The van der Waals surface area contributed by atoms with E-state index < -0.39 is 0 Å². The van der Waals surface area contributed by atoms with Crippen LogP contribution in [0.5, 0.6) is 11.5 Å². The second kappa shape index (κ2) is 9.54. The zero-order valence-corrected chi connectivity index (χ0v) is 18.1. The third-order valence-electron chi connectivity index (χ3n) is 4.68. The summed E-state index contributed by atoms with van der Waals surface area (Å²) in [6, 6.07) is 8.26. The molecule has 0 aromatic heterocycles. The minimum atomic E-state index is -0.261. The molecule has 5 heteroatoms. The van der Waals surface area contributed by atoms with Crippen molar-refractivity contribution in [2.24, 2.45) is 5.92 Å². The molecule has 2 heterocycles. The second-order valence-corrected chi connectivity index (χ2v) is 7.68. The quantitative estimate of drug-likeness (QED) is 0.471. The van der Waals surface area contributed by atoms with E-state index in [-0.39, 0.29) is 17.6 Å². The summed E-state index contributed by atoms with van der Waals surface area (Å²) in [7, 11) is 0. The van der Waals surface area contributed by atoms with Crippen molar-refractivity contribution in [1.82, 2.24) is 0 Å². The fraction of sp³-hybridized carbons (Fsp3) is 0.455. The van der Waals surface area contributed by atoms with Gasteiger partial charge in [0.1, 0.15) is 23.1 Å². The molecule has 0 bridgehead atoms. The molecule has 0 saturated carbocycles. The van der Waals surface area contributed by atoms with Crippen molar-refractivity contribution in [2.75, 3.05) is 13.2 Å². The zero-order chi connectivity index (χ0) is 20.1. The van der Waals surface area contributed by atoms with Crippen LogP contribution in [0.3, 0.4) is 0 Å². The van der Waals surface area contributed by atoms with Gasteiger partial charge in [-0.3, -0.25) is 0 Å². The van der Waals surface area contributed by atoms with Crippen LogP contribution in [0.4, 0.5) is 8.78 Å². The van der Waals surface area contributed by atoms with E-state index in [1.807, 2.05) is 19.9 Å². The number of halogens is 3. The highest BCUT2D eigenvalue weighted by Gasteiger charge is 2.29.